The fraction of sp³-hybridized carbons (Fsp3) is 0.350. The number of ether oxygens (including phenoxy) is 1. The third kappa shape index (κ3) is 3.06. The maximum absolute atomic E-state index is 13.0. The summed E-state index contributed by atoms with van der Waals surface area (Å²) in [6.45, 7) is -2.95. The molecule has 0 saturated carbocycles. The fourth-order valence-electron chi connectivity index (χ4n) is 4.07. The van der Waals surface area contributed by atoms with E-state index in [2.05, 4.69) is 10.1 Å². The van der Waals surface area contributed by atoms with E-state index in [-0.39, 0.29) is 17.1 Å². The van der Waals surface area contributed by atoms with Crippen LogP contribution in [0.4, 0.5) is 14.6 Å². The minimum Gasteiger partial charge on any atom is -0.435 e. The highest BCUT2D eigenvalue weighted by Crippen LogP contribution is 2.43. The van der Waals surface area contributed by atoms with Gasteiger partial charge < -0.3 is 10.1 Å². The number of hydrogen-bond acceptors (Lipinski definition) is 5. The molecule has 152 valence electrons. The lowest BCUT2D eigenvalue weighted by atomic mass is 9.76. The first-order chi connectivity index (χ1) is 13.8. The molecule has 1 aliphatic heterocycles. The average Bonchev–Trinajstić information content (AvgIpc) is 2.69. The summed E-state index contributed by atoms with van der Waals surface area (Å²) in [6, 6.07) is 5.88. The smallest absolute Gasteiger partial charge is 0.387 e. The van der Waals surface area contributed by atoms with Gasteiger partial charge in [0.1, 0.15) is 11.6 Å². The van der Waals surface area contributed by atoms with Crippen molar-refractivity contribution in [1.29, 1.82) is 0 Å². The van der Waals surface area contributed by atoms with E-state index in [4.69, 9.17) is 0 Å². The Morgan fingerprint density at radius 1 is 1.07 bits per heavy atom. The number of allylic oxidation sites excluding steroid dienone is 2. The van der Waals surface area contributed by atoms with Crippen molar-refractivity contribution in [2.45, 2.75) is 31.8 Å². The van der Waals surface area contributed by atoms with Gasteiger partial charge in [-0.15, -0.1) is 0 Å². The molecule has 7 nitrogen and oxygen atoms in total. The number of rotatable bonds is 3. The number of Topliss-reactive ketones (excluding diaryl/α,β-unsaturated/α-hetero) is 1. The minimum atomic E-state index is -2.95. The van der Waals surface area contributed by atoms with E-state index in [1.54, 1.807) is 19.2 Å². The number of carbonyl (C=O) groups is 1. The van der Waals surface area contributed by atoms with Gasteiger partial charge >= 0.3 is 12.3 Å². The summed E-state index contributed by atoms with van der Waals surface area (Å²) in [4.78, 5) is 38.2. The van der Waals surface area contributed by atoms with E-state index in [1.807, 2.05) is 0 Å². The Morgan fingerprint density at radius 2 is 1.76 bits per heavy atom. The molecule has 29 heavy (non-hydrogen) atoms. The maximum Gasteiger partial charge on any atom is 0.387 e. The third-order valence-electron chi connectivity index (χ3n) is 5.44. The molecule has 4 rings (SSSR count). The molecule has 2 aliphatic rings. The standard InChI is InChI=1S/C20H19F2N3O4/c1-24-17-16(18(27)25(2)20(24)28)14(15-12(23-17)4-3-5-13(15)26)10-6-8-11(9-7-10)29-19(21)22/h6-9,14,19,23H,3-5H2,1-2H3/t14-/m0/s1. The van der Waals surface area contributed by atoms with Crippen molar-refractivity contribution in [2.24, 2.45) is 14.1 Å². The number of nitrogens with one attached hydrogen (secondary N) is 1. The number of hydrogen-bond donors (Lipinski definition) is 1. The molecule has 0 radical (unpaired) electrons. The van der Waals surface area contributed by atoms with Crippen LogP contribution in [0.5, 0.6) is 5.75 Å². The molecule has 1 aliphatic carbocycles. The Labute approximate surface area is 164 Å². The van der Waals surface area contributed by atoms with Crippen molar-refractivity contribution >= 4 is 11.6 Å². The first kappa shape index (κ1) is 19.1. The number of fused-ring (bicyclic) bond motifs is 1. The summed E-state index contributed by atoms with van der Waals surface area (Å²) < 4.78 is 31.7. The third-order valence-corrected chi connectivity index (χ3v) is 5.44. The molecule has 2 heterocycles. The van der Waals surface area contributed by atoms with Crippen LogP contribution in [0.1, 0.15) is 36.3 Å². The molecule has 0 unspecified atom stereocenters. The van der Waals surface area contributed by atoms with Gasteiger partial charge in [-0.2, -0.15) is 8.78 Å². The van der Waals surface area contributed by atoms with Crippen LogP contribution >= 0.6 is 0 Å². The lowest BCUT2D eigenvalue weighted by molar-refractivity contribution is -0.116. The van der Waals surface area contributed by atoms with Crippen molar-refractivity contribution < 1.29 is 18.3 Å². The number of nitrogens with zero attached hydrogens (tertiary/aromatic N) is 2. The number of halogens is 2. The zero-order valence-corrected chi connectivity index (χ0v) is 15.9. The molecular formula is C20H19F2N3O4. The van der Waals surface area contributed by atoms with Crippen LogP contribution in [0.25, 0.3) is 0 Å². The number of ketones is 1. The number of aromatic nitrogens is 2. The second-order valence-corrected chi connectivity index (χ2v) is 7.14. The van der Waals surface area contributed by atoms with Crippen molar-refractivity contribution in [3.63, 3.8) is 0 Å². The second-order valence-electron chi connectivity index (χ2n) is 7.14. The first-order valence-corrected chi connectivity index (χ1v) is 9.17. The van der Waals surface area contributed by atoms with Gasteiger partial charge in [-0.3, -0.25) is 18.7 Å². The molecular weight excluding hydrogens is 384 g/mol. The molecule has 0 spiro atoms. The Morgan fingerprint density at radius 3 is 2.41 bits per heavy atom. The molecule has 1 atom stereocenters. The Bertz CT molecular complexity index is 1150. The Kier molecular flexibility index (Phi) is 4.60. The molecule has 1 aromatic carbocycles. The topological polar surface area (TPSA) is 82.3 Å². The molecule has 0 amide bonds. The molecule has 0 bridgehead atoms. The largest absolute Gasteiger partial charge is 0.435 e. The highest BCUT2D eigenvalue weighted by molar-refractivity contribution is 6.00. The lowest BCUT2D eigenvalue weighted by Gasteiger charge is -2.34. The Hall–Kier alpha value is -3.23. The number of benzene rings is 1. The van der Waals surface area contributed by atoms with Gasteiger partial charge in [-0.05, 0) is 30.5 Å². The number of carbonyl (C=O) groups excluding carboxylic acids is 1. The van der Waals surface area contributed by atoms with E-state index >= 15 is 0 Å². The Balaban J connectivity index is 1.95. The van der Waals surface area contributed by atoms with E-state index in [1.165, 1.54) is 23.7 Å². The highest BCUT2D eigenvalue weighted by Gasteiger charge is 2.38. The van der Waals surface area contributed by atoms with Crippen molar-refractivity contribution in [3.05, 3.63) is 67.5 Å². The summed E-state index contributed by atoms with van der Waals surface area (Å²) in [5.74, 6) is -0.432. The van der Waals surface area contributed by atoms with Gasteiger partial charge in [0.05, 0.1) is 5.56 Å². The van der Waals surface area contributed by atoms with Gasteiger partial charge in [0.25, 0.3) is 5.56 Å². The van der Waals surface area contributed by atoms with E-state index in [0.717, 1.165) is 4.57 Å². The molecule has 1 N–H and O–H groups in total. The van der Waals surface area contributed by atoms with Gasteiger partial charge in [0, 0.05) is 37.7 Å². The van der Waals surface area contributed by atoms with Gasteiger partial charge in [-0.1, -0.05) is 12.1 Å². The predicted octanol–water partition coefficient (Wildman–Crippen LogP) is 2.25. The highest BCUT2D eigenvalue weighted by atomic mass is 19.3. The van der Waals surface area contributed by atoms with Crippen molar-refractivity contribution in [1.82, 2.24) is 9.13 Å². The average molecular weight is 403 g/mol. The monoisotopic (exact) mass is 403 g/mol. The van der Waals surface area contributed by atoms with Gasteiger partial charge in [0.15, 0.2) is 5.78 Å². The molecule has 9 heteroatoms. The zero-order chi connectivity index (χ0) is 20.9. The van der Waals surface area contributed by atoms with Crippen LogP contribution < -0.4 is 21.3 Å². The molecule has 0 fully saturated rings. The number of alkyl halides is 2. The molecule has 1 aromatic heterocycles. The summed E-state index contributed by atoms with van der Waals surface area (Å²) >= 11 is 0. The molecule has 0 saturated heterocycles. The summed E-state index contributed by atoms with van der Waals surface area (Å²) in [7, 11) is 2.94. The van der Waals surface area contributed by atoms with Gasteiger partial charge in [0.2, 0.25) is 0 Å². The van der Waals surface area contributed by atoms with E-state index < -0.39 is 23.8 Å². The fourth-order valence-corrected chi connectivity index (χ4v) is 4.07. The van der Waals surface area contributed by atoms with Crippen LogP contribution in [0, 0.1) is 0 Å². The van der Waals surface area contributed by atoms with Crippen LogP contribution in [0.2, 0.25) is 0 Å². The van der Waals surface area contributed by atoms with Crippen LogP contribution in [0.3, 0.4) is 0 Å². The maximum atomic E-state index is 13.0. The van der Waals surface area contributed by atoms with Crippen LogP contribution in [-0.2, 0) is 18.9 Å². The van der Waals surface area contributed by atoms with E-state index in [9.17, 15) is 23.2 Å². The van der Waals surface area contributed by atoms with E-state index in [0.29, 0.717) is 41.9 Å². The zero-order valence-electron chi connectivity index (χ0n) is 15.9. The van der Waals surface area contributed by atoms with Crippen LogP contribution in [-0.4, -0.2) is 21.5 Å². The lowest BCUT2D eigenvalue weighted by Crippen LogP contribution is -2.44. The second kappa shape index (κ2) is 6.98. The predicted molar refractivity (Wildman–Crippen MR) is 101 cm³/mol. The summed E-state index contributed by atoms with van der Waals surface area (Å²) in [5, 5.41) is 3.13. The normalized spacial score (nSPS) is 18.4. The van der Waals surface area contributed by atoms with Crippen molar-refractivity contribution in [2.75, 3.05) is 5.32 Å². The van der Waals surface area contributed by atoms with Gasteiger partial charge in [-0.25, -0.2) is 4.79 Å². The SMILES string of the molecule is Cn1c2c(c(=O)n(C)c1=O)[C@@H](c1ccc(OC(F)F)cc1)C1=C(CCCC1=O)N2. The summed E-state index contributed by atoms with van der Waals surface area (Å²) in [5.41, 5.74) is 1.07. The summed E-state index contributed by atoms with van der Waals surface area (Å²) in [6.07, 6.45) is 1.66. The number of anilines is 1. The molecule has 2 aromatic rings. The van der Waals surface area contributed by atoms with Crippen LogP contribution in [0.15, 0.2) is 45.1 Å². The van der Waals surface area contributed by atoms with Crippen molar-refractivity contribution in [3.8, 4) is 5.75 Å². The minimum absolute atomic E-state index is 0.0181. The first-order valence-electron chi connectivity index (χ1n) is 9.17. The quantitative estimate of drug-likeness (QED) is 0.850.